The van der Waals surface area contributed by atoms with Crippen molar-refractivity contribution < 1.29 is 14.7 Å². The highest BCUT2D eigenvalue weighted by atomic mass is 16.4. The Morgan fingerprint density at radius 1 is 1.24 bits per heavy atom. The molecule has 0 spiro atoms. The number of nitrogens with one attached hydrogen (secondary N) is 2. The van der Waals surface area contributed by atoms with Gasteiger partial charge in [0.15, 0.2) is 0 Å². The quantitative estimate of drug-likeness (QED) is 0.776. The maximum atomic E-state index is 12.0. The fraction of sp³-hybridized carbons (Fsp3) is 0.500. The first-order valence-electron chi connectivity index (χ1n) is 7.37. The van der Waals surface area contributed by atoms with Crippen molar-refractivity contribution in [2.45, 2.75) is 43.7 Å². The van der Waals surface area contributed by atoms with E-state index < -0.39 is 11.5 Å². The molecule has 3 atom stereocenters. The standard InChI is InChI=1S/C16H20N2O3/c1-16(14(19)20,11-7-8-11)18-15(21)17-13-9-12(13)10-5-3-2-4-6-10/h2-6,11-13H,7-9H2,1H3,(H,19,20)(H2,17,18,21). The van der Waals surface area contributed by atoms with E-state index in [9.17, 15) is 14.7 Å². The van der Waals surface area contributed by atoms with Gasteiger partial charge in [-0.2, -0.15) is 0 Å². The highest BCUT2D eigenvalue weighted by Gasteiger charge is 2.49. The summed E-state index contributed by atoms with van der Waals surface area (Å²) in [5.74, 6) is -0.575. The average Bonchev–Trinajstić information content (AvgIpc) is 3.33. The molecule has 2 aliphatic carbocycles. The zero-order valence-electron chi connectivity index (χ0n) is 12.0. The Hall–Kier alpha value is -2.04. The molecule has 0 aromatic heterocycles. The Bertz CT molecular complexity index is 556. The lowest BCUT2D eigenvalue weighted by Gasteiger charge is -2.26. The Balaban J connectivity index is 1.55. The second kappa shape index (κ2) is 5.06. The fourth-order valence-electron chi connectivity index (χ4n) is 2.85. The van der Waals surface area contributed by atoms with Crippen molar-refractivity contribution in [2.24, 2.45) is 5.92 Å². The Kier molecular flexibility index (Phi) is 3.35. The average molecular weight is 288 g/mol. The summed E-state index contributed by atoms with van der Waals surface area (Å²) < 4.78 is 0. The van der Waals surface area contributed by atoms with Crippen molar-refractivity contribution >= 4 is 12.0 Å². The third-order valence-electron chi connectivity index (χ3n) is 4.55. The first-order valence-corrected chi connectivity index (χ1v) is 7.37. The number of amides is 2. The molecule has 1 aromatic rings. The van der Waals surface area contributed by atoms with E-state index in [-0.39, 0.29) is 18.0 Å². The predicted octanol–water partition coefficient (Wildman–Crippen LogP) is 2.10. The zero-order valence-corrected chi connectivity index (χ0v) is 12.0. The van der Waals surface area contributed by atoms with Gasteiger partial charge in [-0.15, -0.1) is 0 Å². The molecule has 3 rings (SSSR count). The molecule has 21 heavy (non-hydrogen) atoms. The van der Waals surface area contributed by atoms with Crippen LogP contribution in [0.2, 0.25) is 0 Å². The molecule has 1 aromatic carbocycles. The lowest BCUT2D eigenvalue weighted by Crippen LogP contribution is -2.57. The maximum Gasteiger partial charge on any atom is 0.329 e. The first-order chi connectivity index (χ1) is 10.0. The number of urea groups is 1. The summed E-state index contributed by atoms with van der Waals surface area (Å²) in [6.45, 7) is 1.59. The number of rotatable bonds is 5. The minimum atomic E-state index is -1.15. The van der Waals surface area contributed by atoms with Crippen LogP contribution in [0.3, 0.4) is 0 Å². The lowest BCUT2D eigenvalue weighted by molar-refractivity contribution is -0.144. The molecule has 2 aliphatic rings. The van der Waals surface area contributed by atoms with Gasteiger partial charge in [-0.1, -0.05) is 30.3 Å². The van der Waals surface area contributed by atoms with Crippen molar-refractivity contribution in [3.8, 4) is 0 Å². The van der Waals surface area contributed by atoms with Crippen LogP contribution in [0.4, 0.5) is 4.79 Å². The van der Waals surface area contributed by atoms with Crippen molar-refractivity contribution in [1.82, 2.24) is 10.6 Å². The van der Waals surface area contributed by atoms with E-state index >= 15 is 0 Å². The van der Waals surface area contributed by atoms with Crippen LogP contribution in [-0.4, -0.2) is 28.7 Å². The second-order valence-corrected chi connectivity index (χ2v) is 6.24. The van der Waals surface area contributed by atoms with Gasteiger partial charge in [-0.25, -0.2) is 9.59 Å². The van der Waals surface area contributed by atoms with E-state index in [1.54, 1.807) is 6.92 Å². The summed E-state index contributed by atoms with van der Waals surface area (Å²) in [4.78, 5) is 23.4. The Labute approximate surface area is 123 Å². The van der Waals surface area contributed by atoms with E-state index in [1.165, 1.54) is 5.56 Å². The molecule has 5 heteroatoms. The van der Waals surface area contributed by atoms with Crippen LogP contribution in [0.15, 0.2) is 30.3 Å². The van der Waals surface area contributed by atoms with E-state index in [4.69, 9.17) is 0 Å². The van der Waals surface area contributed by atoms with Crippen molar-refractivity contribution in [2.75, 3.05) is 0 Å². The number of benzene rings is 1. The highest BCUT2D eigenvalue weighted by Crippen LogP contribution is 2.41. The number of aliphatic carboxylic acids is 1. The van der Waals surface area contributed by atoms with E-state index in [0.29, 0.717) is 5.92 Å². The van der Waals surface area contributed by atoms with Gasteiger partial charge in [-0.3, -0.25) is 0 Å². The van der Waals surface area contributed by atoms with Gasteiger partial charge in [0.2, 0.25) is 0 Å². The molecule has 3 N–H and O–H groups in total. The van der Waals surface area contributed by atoms with Crippen LogP contribution >= 0.6 is 0 Å². The molecule has 5 nitrogen and oxygen atoms in total. The molecule has 2 saturated carbocycles. The minimum absolute atomic E-state index is 0.0462. The van der Waals surface area contributed by atoms with E-state index in [2.05, 4.69) is 22.8 Å². The summed E-state index contributed by atoms with van der Waals surface area (Å²) in [6.07, 6.45) is 2.63. The maximum absolute atomic E-state index is 12.0. The van der Waals surface area contributed by atoms with Gasteiger partial charge in [-0.05, 0) is 37.7 Å². The molecule has 0 bridgehead atoms. The van der Waals surface area contributed by atoms with Crippen molar-refractivity contribution in [3.63, 3.8) is 0 Å². The molecule has 3 unspecified atom stereocenters. The van der Waals surface area contributed by atoms with E-state index in [0.717, 1.165) is 19.3 Å². The molecule has 2 fully saturated rings. The van der Waals surface area contributed by atoms with Gasteiger partial charge in [0.25, 0.3) is 0 Å². The summed E-state index contributed by atoms with van der Waals surface area (Å²) in [6, 6.07) is 9.76. The third-order valence-corrected chi connectivity index (χ3v) is 4.55. The number of carbonyl (C=O) groups excluding carboxylic acids is 1. The molecular formula is C16H20N2O3. The van der Waals surface area contributed by atoms with Crippen LogP contribution in [0, 0.1) is 5.92 Å². The van der Waals surface area contributed by atoms with Crippen LogP contribution in [0.5, 0.6) is 0 Å². The predicted molar refractivity (Wildman–Crippen MR) is 78.0 cm³/mol. The Morgan fingerprint density at radius 3 is 2.48 bits per heavy atom. The molecule has 112 valence electrons. The van der Waals surface area contributed by atoms with Crippen LogP contribution in [0.25, 0.3) is 0 Å². The molecule has 0 saturated heterocycles. The summed E-state index contributed by atoms with van der Waals surface area (Å²) >= 11 is 0. The smallest absolute Gasteiger partial charge is 0.329 e. The number of carboxylic acids is 1. The van der Waals surface area contributed by atoms with Gasteiger partial charge in [0.05, 0.1) is 0 Å². The first kappa shape index (κ1) is 13.9. The van der Waals surface area contributed by atoms with Crippen molar-refractivity contribution in [1.29, 1.82) is 0 Å². The van der Waals surface area contributed by atoms with Crippen molar-refractivity contribution in [3.05, 3.63) is 35.9 Å². The molecular weight excluding hydrogens is 268 g/mol. The van der Waals surface area contributed by atoms with Gasteiger partial charge < -0.3 is 15.7 Å². The second-order valence-electron chi connectivity index (χ2n) is 6.24. The van der Waals surface area contributed by atoms with Crippen LogP contribution < -0.4 is 10.6 Å². The Morgan fingerprint density at radius 2 is 1.90 bits per heavy atom. The minimum Gasteiger partial charge on any atom is -0.480 e. The summed E-state index contributed by atoms with van der Waals surface area (Å²) in [5.41, 5.74) is 0.0623. The monoisotopic (exact) mass is 288 g/mol. The van der Waals surface area contributed by atoms with Gasteiger partial charge in [0, 0.05) is 12.0 Å². The van der Waals surface area contributed by atoms with Crippen LogP contribution in [-0.2, 0) is 4.79 Å². The normalized spacial score (nSPS) is 26.5. The molecule has 0 heterocycles. The number of carbonyl (C=O) groups is 2. The third kappa shape index (κ3) is 2.86. The number of carboxylic acid groups (broad SMARTS) is 1. The van der Waals surface area contributed by atoms with Crippen LogP contribution in [0.1, 0.15) is 37.7 Å². The lowest BCUT2D eigenvalue weighted by atomic mass is 9.96. The van der Waals surface area contributed by atoms with Gasteiger partial charge in [0.1, 0.15) is 5.54 Å². The molecule has 2 amide bonds. The SMILES string of the molecule is CC(NC(=O)NC1CC1c1ccccc1)(C(=O)O)C1CC1. The fourth-order valence-corrected chi connectivity index (χ4v) is 2.85. The highest BCUT2D eigenvalue weighted by molar-refractivity contribution is 5.86. The summed E-state index contributed by atoms with van der Waals surface area (Å²) in [5, 5.41) is 14.9. The number of hydrogen-bond donors (Lipinski definition) is 3. The topological polar surface area (TPSA) is 78.4 Å². The van der Waals surface area contributed by atoms with E-state index in [1.807, 2.05) is 18.2 Å². The number of hydrogen-bond acceptors (Lipinski definition) is 2. The zero-order chi connectivity index (χ0) is 15.0. The van der Waals surface area contributed by atoms with Gasteiger partial charge >= 0.3 is 12.0 Å². The largest absolute Gasteiger partial charge is 0.480 e. The molecule has 0 radical (unpaired) electrons. The molecule has 0 aliphatic heterocycles. The summed E-state index contributed by atoms with van der Waals surface area (Å²) in [7, 11) is 0.